The Hall–Kier alpha value is -4.12. The fourth-order valence-electron chi connectivity index (χ4n) is 7.92. The lowest BCUT2D eigenvalue weighted by atomic mass is 9.95. The molecule has 0 bridgehead atoms. The van der Waals surface area contributed by atoms with Crippen molar-refractivity contribution in [3.05, 3.63) is 53.1 Å². The predicted molar refractivity (Wildman–Crippen MR) is 181 cm³/mol. The van der Waals surface area contributed by atoms with Crippen LogP contribution < -0.4 is 15.4 Å². The minimum atomic E-state index is -0.961. The van der Waals surface area contributed by atoms with Crippen molar-refractivity contribution in [1.82, 2.24) is 19.8 Å². The lowest BCUT2D eigenvalue weighted by Gasteiger charge is -2.33. The van der Waals surface area contributed by atoms with E-state index in [1.165, 1.54) is 18.2 Å². The van der Waals surface area contributed by atoms with Gasteiger partial charge in [-0.25, -0.2) is 13.2 Å². The van der Waals surface area contributed by atoms with Gasteiger partial charge in [-0.1, -0.05) is 24.2 Å². The van der Waals surface area contributed by atoms with Crippen LogP contribution in [0, 0.1) is 23.0 Å². The lowest BCUT2D eigenvalue weighted by molar-refractivity contribution is -0.126. The molecule has 7 rings (SSSR count). The number of ether oxygens (including phenoxy) is 1. The Labute approximate surface area is 284 Å². The molecule has 0 unspecified atom stereocenters. The number of nitrogens with two attached hydrogens (primary N) is 1. The second-order valence-electron chi connectivity index (χ2n) is 12.8. The van der Waals surface area contributed by atoms with E-state index in [1.54, 1.807) is 11.0 Å². The predicted octanol–water partition coefficient (Wildman–Crippen LogP) is 6.46. The van der Waals surface area contributed by atoms with E-state index in [4.69, 9.17) is 27.1 Å². The summed E-state index contributed by atoms with van der Waals surface area (Å²) in [7, 11) is 1.81. The van der Waals surface area contributed by atoms with Gasteiger partial charge in [-0.3, -0.25) is 9.69 Å². The molecule has 0 aliphatic carbocycles. The van der Waals surface area contributed by atoms with Crippen molar-refractivity contribution < 1.29 is 22.7 Å². The van der Waals surface area contributed by atoms with Crippen LogP contribution in [-0.2, 0) is 4.79 Å². The third-order valence-electron chi connectivity index (χ3n) is 10.3. The molecule has 3 fully saturated rings. The van der Waals surface area contributed by atoms with E-state index in [9.17, 15) is 18.8 Å². The molecular weight excluding hydrogens is 663 g/mol. The molecule has 0 radical (unpaired) electrons. The number of aromatic nitrogens is 2. The van der Waals surface area contributed by atoms with Crippen molar-refractivity contribution in [2.45, 2.75) is 56.4 Å². The number of likely N-dealkylation sites (tertiary alicyclic amines) is 1. The first-order valence-corrected chi connectivity index (χ1v) is 17.0. The third-order valence-corrected chi connectivity index (χ3v) is 11.6. The van der Waals surface area contributed by atoms with Gasteiger partial charge in [-0.05, 0) is 56.5 Å². The summed E-state index contributed by atoms with van der Waals surface area (Å²) in [5.74, 6) is -1.25. The van der Waals surface area contributed by atoms with Gasteiger partial charge in [0, 0.05) is 48.9 Å². The van der Waals surface area contributed by atoms with Crippen LogP contribution in [0.2, 0.25) is 5.02 Å². The molecule has 1 amide bonds. The number of thiophene rings is 1. The molecule has 3 aliphatic rings. The van der Waals surface area contributed by atoms with E-state index in [-0.39, 0.29) is 72.9 Å². The smallest absolute Gasteiger partial charge is 0.319 e. The zero-order valence-electron chi connectivity index (χ0n) is 26.4. The first-order chi connectivity index (χ1) is 23.0. The minimum absolute atomic E-state index is 0.00292. The maximum atomic E-state index is 17.0. The first-order valence-electron chi connectivity index (χ1n) is 15.8. The Bertz CT molecular complexity index is 2040. The molecule has 0 spiro atoms. The SMILES string of the molecule is C=CC(=O)N1CC[C@@H](N(C)c2nc(OC[C@@]34CCCN3C[C@H](F)C4)nc3c(F)c(-c4ccc(F)c5sc(N)c(C#N)c45)c(Cl)cc23)[C@@H]1C. The number of carbonyl (C=O) groups excluding carboxylic acids is 1. The summed E-state index contributed by atoms with van der Waals surface area (Å²) in [6.07, 6.45) is 2.96. The molecule has 4 aromatic rings. The zero-order chi connectivity index (χ0) is 34.1. The highest BCUT2D eigenvalue weighted by Crippen LogP contribution is 2.46. The molecule has 0 saturated carbocycles. The van der Waals surface area contributed by atoms with Crippen molar-refractivity contribution in [1.29, 1.82) is 5.26 Å². The standard InChI is InChI=1S/C34H33ClF3N7O2S/c1-4-25(46)45-11-8-24(17(45)2)43(3)32-20-12-22(35)27(19-6-7-23(37)30-26(19)21(14-39)31(40)48-30)28(38)29(20)41-33(42-32)47-16-34-9-5-10-44(34)15-18(36)13-34/h4,6-7,12,17-18,24H,1,5,8-11,13,15-16,40H2,2-3H3/t17-,18+,24+,34-/m0/s1. The first kappa shape index (κ1) is 32.4. The van der Waals surface area contributed by atoms with Crippen molar-refractivity contribution in [3.8, 4) is 23.2 Å². The van der Waals surface area contributed by atoms with E-state index in [1.807, 2.05) is 24.9 Å². The average molecular weight is 696 g/mol. The number of hydrogen-bond acceptors (Lipinski definition) is 9. The highest BCUT2D eigenvalue weighted by molar-refractivity contribution is 7.23. The summed E-state index contributed by atoms with van der Waals surface area (Å²) in [6.45, 7) is 7.30. The highest BCUT2D eigenvalue weighted by Gasteiger charge is 2.49. The van der Waals surface area contributed by atoms with Gasteiger partial charge in [0.1, 0.15) is 41.0 Å². The molecular formula is C34H33ClF3N7O2S. The zero-order valence-corrected chi connectivity index (χ0v) is 28.0. The van der Waals surface area contributed by atoms with Crippen molar-refractivity contribution in [3.63, 3.8) is 0 Å². The van der Waals surface area contributed by atoms with Gasteiger partial charge in [0.25, 0.3) is 0 Å². The quantitative estimate of drug-likeness (QED) is 0.219. The second-order valence-corrected chi connectivity index (χ2v) is 14.3. The van der Waals surface area contributed by atoms with Crippen molar-refractivity contribution in [2.75, 3.05) is 43.9 Å². The molecule has 2 aromatic carbocycles. The molecule has 48 heavy (non-hydrogen) atoms. The van der Waals surface area contributed by atoms with Crippen LogP contribution in [0.1, 0.15) is 38.2 Å². The number of alkyl halides is 1. The highest BCUT2D eigenvalue weighted by atomic mass is 35.5. The molecule has 2 N–H and O–H groups in total. The Morgan fingerprint density at radius 2 is 2.15 bits per heavy atom. The molecule has 5 heterocycles. The van der Waals surface area contributed by atoms with Crippen LogP contribution in [0.15, 0.2) is 30.9 Å². The van der Waals surface area contributed by atoms with Gasteiger partial charge < -0.3 is 20.3 Å². The number of nitriles is 1. The number of nitrogen functional groups attached to an aromatic ring is 1. The van der Waals surface area contributed by atoms with E-state index < -0.39 is 23.3 Å². The van der Waals surface area contributed by atoms with Gasteiger partial charge in [0.2, 0.25) is 5.91 Å². The monoisotopic (exact) mass is 695 g/mol. The summed E-state index contributed by atoms with van der Waals surface area (Å²) in [5.41, 5.74) is 5.62. The van der Waals surface area contributed by atoms with Crippen LogP contribution in [-0.4, -0.2) is 82.8 Å². The van der Waals surface area contributed by atoms with Crippen molar-refractivity contribution >= 4 is 60.7 Å². The van der Waals surface area contributed by atoms with E-state index in [2.05, 4.69) is 16.5 Å². The van der Waals surface area contributed by atoms with E-state index >= 15 is 4.39 Å². The van der Waals surface area contributed by atoms with E-state index in [0.717, 1.165) is 30.7 Å². The van der Waals surface area contributed by atoms with Crippen LogP contribution >= 0.6 is 22.9 Å². The molecule has 14 heteroatoms. The Morgan fingerprint density at radius 1 is 1.35 bits per heavy atom. The van der Waals surface area contributed by atoms with Crippen LogP contribution in [0.25, 0.3) is 32.1 Å². The number of halogens is 4. The number of nitrogens with zero attached hydrogens (tertiary/aromatic N) is 6. The van der Waals surface area contributed by atoms with Crippen LogP contribution in [0.5, 0.6) is 6.01 Å². The fraction of sp³-hybridized carbons (Fsp3) is 0.412. The van der Waals surface area contributed by atoms with Gasteiger partial charge >= 0.3 is 6.01 Å². The number of benzene rings is 2. The number of carbonyl (C=O) groups is 1. The normalized spacial score (nSPS) is 23.9. The topological polar surface area (TPSA) is 112 Å². The summed E-state index contributed by atoms with van der Waals surface area (Å²) in [6, 6.07) is 5.62. The van der Waals surface area contributed by atoms with E-state index in [0.29, 0.717) is 37.1 Å². The number of hydrogen-bond donors (Lipinski definition) is 1. The van der Waals surface area contributed by atoms with Gasteiger partial charge in [0.15, 0.2) is 5.82 Å². The molecule has 250 valence electrons. The Kier molecular flexibility index (Phi) is 8.17. The maximum Gasteiger partial charge on any atom is 0.319 e. The maximum absolute atomic E-state index is 17.0. The largest absolute Gasteiger partial charge is 0.461 e. The number of rotatable bonds is 7. The number of amides is 1. The minimum Gasteiger partial charge on any atom is -0.461 e. The van der Waals surface area contributed by atoms with Gasteiger partial charge in [-0.15, -0.1) is 11.3 Å². The summed E-state index contributed by atoms with van der Waals surface area (Å²) in [5, 5.41) is 10.4. The lowest BCUT2D eigenvalue weighted by Crippen LogP contribution is -2.44. The average Bonchev–Trinajstić information content (AvgIpc) is 3.81. The summed E-state index contributed by atoms with van der Waals surface area (Å²) in [4.78, 5) is 27.5. The third kappa shape index (κ3) is 5.04. The molecule has 9 nitrogen and oxygen atoms in total. The molecule has 2 aromatic heterocycles. The number of fused-ring (bicyclic) bond motifs is 3. The second kappa shape index (κ2) is 12.1. The van der Waals surface area contributed by atoms with Gasteiger partial charge in [0.05, 0.1) is 26.9 Å². The molecule has 3 saturated heterocycles. The molecule has 4 atom stereocenters. The number of anilines is 2. The van der Waals surface area contributed by atoms with Crippen LogP contribution in [0.3, 0.4) is 0 Å². The fourth-order valence-corrected chi connectivity index (χ4v) is 9.17. The van der Waals surface area contributed by atoms with Gasteiger partial charge in [-0.2, -0.15) is 15.2 Å². The summed E-state index contributed by atoms with van der Waals surface area (Å²) >= 11 is 7.74. The summed E-state index contributed by atoms with van der Waals surface area (Å²) < 4.78 is 52.8. The number of likely N-dealkylation sites (N-methyl/N-ethyl adjacent to an activating group) is 1. The Balaban J connectivity index is 1.38. The Morgan fingerprint density at radius 3 is 2.90 bits per heavy atom. The van der Waals surface area contributed by atoms with Crippen molar-refractivity contribution in [2.24, 2.45) is 0 Å². The molecule has 3 aliphatic heterocycles. The van der Waals surface area contributed by atoms with Crippen LogP contribution in [0.4, 0.5) is 24.0 Å².